The van der Waals surface area contributed by atoms with Crippen LogP contribution < -0.4 is 16.4 Å². The van der Waals surface area contributed by atoms with Crippen LogP contribution in [0.3, 0.4) is 0 Å². The van der Waals surface area contributed by atoms with Crippen molar-refractivity contribution in [2.24, 2.45) is 5.73 Å². The third-order valence-corrected chi connectivity index (χ3v) is 5.15. The molecule has 0 fully saturated rings. The minimum atomic E-state index is -1.22. The molecular weight excluding hydrogens is 498 g/mol. The maximum atomic E-state index is 12.9. The van der Waals surface area contributed by atoms with E-state index >= 15 is 0 Å². The molecule has 12 heteroatoms. The Labute approximate surface area is 215 Å². The van der Waals surface area contributed by atoms with E-state index in [2.05, 4.69) is 10.6 Å². The van der Waals surface area contributed by atoms with Gasteiger partial charge in [0.05, 0.1) is 6.04 Å². The van der Waals surface area contributed by atoms with Crippen molar-refractivity contribution in [1.29, 1.82) is 0 Å². The molecular formula is C26H25N3O9. The fraction of sp³-hybridized carbons (Fsp3) is 0.0769. The molecule has 0 aromatic heterocycles. The third-order valence-electron chi connectivity index (χ3n) is 5.15. The van der Waals surface area contributed by atoms with E-state index in [1.54, 1.807) is 0 Å². The molecule has 38 heavy (non-hydrogen) atoms. The van der Waals surface area contributed by atoms with Crippen molar-refractivity contribution in [3.63, 3.8) is 0 Å². The molecule has 0 saturated heterocycles. The number of carbonyl (C=O) groups is 2. The summed E-state index contributed by atoms with van der Waals surface area (Å²) in [5, 5.41) is 72.1. The summed E-state index contributed by atoms with van der Waals surface area (Å²) >= 11 is 0. The van der Waals surface area contributed by atoms with Gasteiger partial charge in [0, 0.05) is 12.3 Å². The summed E-state index contributed by atoms with van der Waals surface area (Å²) in [5.74, 6) is -4.91. The number of hydrogen-bond donors (Lipinski definition) is 10. The van der Waals surface area contributed by atoms with Crippen LogP contribution in [0.4, 0.5) is 0 Å². The van der Waals surface area contributed by atoms with Crippen LogP contribution in [0.5, 0.6) is 40.2 Å². The maximum absolute atomic E-state index is 12.9. The van der Waals surface area contributed by atoms with Gasteiger partial charge in [-0.2, -0.15) is 0 Å². The summed E-state index contributed by atoms with van der Waals surface area (Å²) in [5.41, 5.74) is 6.43. The Bertz CT molecular complexity index is 1390. The Morgan fingerprint density at radius 2 is 1.39 bits per heavy atom. The van der Waals surface area contributed by atoms with Crippen molar-refractivity contribution in [2.45, 2.75) is 12.5 Å². The van der Waals surface area contributed by atoms with E-state index in [9.17, 15) is 45.3 Å². The topological polar surface area (TPSA) is 226 Å². The van der Waals surface area contributed by atoms with Crippen LogP contribution in [-0.2, 0) is 16.0 Å². The average molecular weight is 523 g/mol. The first-order chi connectivity index (χ1) is 17.9. The maximum Gasteiger partial charge on any atom is 0.271 e. The van der Waals surface area contributed by atoms with Crippen molar-refractivity contribution in [2.75, 3.05) is 0 Å². The molecule has 0 aliphatic carbocycles. The number of hydrogen-bond acceptors (Lipinski definition) is 10. The lowest BCUT2D eigenvalue weighted by Gasteiger charge is -2.15. The standard InChI is InChI=1S/C26H25N3O9/c27-18(7-14-5-16(30)12-17(31)6-14)25(37)29-19(8-15-10-22(34)24(36)23(35)11-15)26(38)28-4-3-13-1-2-20(32)21(33)9-13/h1-6,8-12,18,30-36H,7,27H2,(H,28,38)(H,29,37)/t18-/m0/s1. The molecule has 11 N–H and O–H groups in total. The molecule has 2 amide bonds. The van der Waals surface area contributed by atoms with Gasteiger partial charge in [0.25, 0.3) is 5.91 Å². The molecule has 0 unspecified atom stereocenters. The van der Waals surface area contributed by atoms with Crippen molar-refractivity contribution >= 4 is 24.0 Å². The predicted octanol–water partition coefficient (Wildman–Crippen LogP) is 1.44. The van der Waals surface area contributed by atoms with Gasteiger partial charge in [-0.1, -0.05) is 6.07 Å². The van der Waals surface area contributed by atoms with Gasteiger partial charge < -0.3 is 52.1 Å². The van der Waals surface area contributed by atoms with E-state index in [0.29, 0.717) is 11.1 Å². The molecule has 0 spiro atoms. The molecule has 0 heterocycles. The van der Waals surface area contributed by atoms with Crippen molar-refractivity contribution in [3.8, 4) is 40.2 Å². The Balaban J connectivity index is 1.83. The number of phenolic OH excluding ortho intramolecular Hbond substituents is 7. The highest BCUT2D eigenvalue weighted by molar-refractivity contribution is 6.02. The number of nitrogens with two attached hydrogens (primary N) is 1. The summed E-state index contributed by atoms with van der Waals surface area (Å²) < 4.78 is 0. The van der Waals surface area contributed by atoms with Crippen LogP contribution in [-0.4, -0.2) is 53.6 Å². The third kappa shape index (κ3) is 7.08. The number of aromatic hydroxyl groups is 7. The fourth-order valence-electron chi connectivity index (χ4n) is 3.32. The van der Waals surface area contributed by atoms with Crippen LogP contribution in [0.15, 0.2) is 60.4 Å². The lowest BCUT2D eigenvalue weighted by atomic mass is 10.0. The minimum absolute atomic E-state index is 0.0437. The van der Waals surface area contributed by atoms with E-state index < -0.39 is 35.1 Å². The van der Waals surface area contributed by atoms with Crippen molar-refractivity contribution < 1.29 is 45.3 Å². The first kappa shape index (κ1) is 27.2. The number of amides is 2. The summed E-state index contributed by atoms with van der Waals surface area (Å²) in [6.45, 7) is 0. The van der Waals surface area contributed by atoms with E-state index in [1.807, 2.05) is 0 Å². The molecule has 0 aliphatic rings. The largest absolute Gasteiger partial charge is 0.508 e. The highest BCUT2D eigenvalue weighted by Crippen LogP contribution is 2.36. The monoisotopic (exact) mass is 523 g/mol. The summed E-state index contributed by atoms with van der Waals surface area (Å²) in [6.07, 6.45) is 3.61. The fourth-order valence-corrected chi connectivity index (χ4v) is 3.32. The van der Waals surface area contributed by atoms with Gasteiger partial charge in [-0.25, -0.2) is 0 Å². The van der Waals surface area contributed by atoms with Crippen LogP contribution in [0.1, 0.15) is 16.7 Å². The van der Waals surface area contributed by atoms with Crippen molar-refractivity contribution in [1.82, 2.24) is 10.6 Å². The molecule has 3 aromatic rings. The molecule has 0 saturated carbocycles. The SMILES string of the molecule is N[C@@H](Cc1cc(O)cc(O)c1)C(=O)NC(=Cc1cc(O)c(O)c(O)c1)C(=O)NC=Cc1ccc(O)c(O)c1. The molecule has 0 aliphatic heterocycles. The van der Waals surface area contributed by atoms with Gasteiger partial charge in [0.2, 0.25) is 5.91 Å². The molecule has 0 radical (unpaired) electrons. The zero-order chi connectivity index (χ0) is 28.0. The van der Waals surface area contributed by atoms with Crippen LogP contribution in [0.25, 0.3) is 12.2 Å². The second-order valence-electron chi connectivity index (χ2n) is 8.18. The molecule has 1 atom stereocenters. The second-order valence-corrected chi connectivity index (χ2v) is 8.18. The number of carbonyl (C=O) groups excluding carboxylic acids is 2. The van der Waals surface area contributed by atoms with Crippen LogP contribution in [0, 0.1) is 0 Å². The molecule has 3 rings (SSSR count). The lowest BCUT2D eigenvalue weighted by molar-refractivity contribution is -0.124. The van der Waals surface area contributed by atoms with Crippen molar-refractivity contribution in [3.05, 3.63) is 77.1 Å². The Morgan fingerprint density at radius 1 is 0.789 bits per heavy atom. The Hall–Kier alpha value is -5.36. The summed E-state index contributed by atoms with van der Waals surface area (Å²) in [7, 11) is 0. The first-order valence-electron chi connectivity index (χ1n) is 11.0. The zero-order valence-electron chi connectivity index (χ0n) is 19.7. The summed E-state index contributed by atoms with van der Waals surface area (Å²) in [4.78, 5) is 25.7. The van der Waals surface area contributed by atoms with Gasteiger partial charge in [0.1, 0.15) is 17.2 Å². The zero-order valence-corrected chi connectivity index (χ0v) is 19.7. The number of phenols is 7. The second kappa shape index (κ2) is 11.6. The number of nitrogens with one attached hydrogen (secondary N) is 2. The molecule has 12 nitrogen and oxygen atoms in total. The molecule has 3 aromatic carbocycles. The number of rotatable bonds is 8. The van der Waals surface area contributed by atoms with Gasteiger partial charge in [-0.05, 0) is 71.7 Å². The normalized spacial score (nSPS) is 12.3. The highest BCUT2D eigenvalue weighted by Gasteiger charge is 2.20. The van der Waals surface area contributed by atoms with Gasteiger partial charge in [0.15, 0.2) is 28.7 Å². The minimum Gasteiger partial charge on any atom is -0.508 e. The van der Waals surface area contributed by atoms with Gasteiger partial charge in [-0.3, -0.25) is 9.59 Å². The van der Waals surface area contributed by atoms with E-state index in [4.69, 9.17) is 5.73 Å². The number of benzene rings is 3. The average Bonchev–Trinajstić information content (AvgIpc) is 2.83. The van der Waals surface area contributed by atoms with E-state index in [-0.39, 0.29) is 40.7 Å². The van der Waals surface area contributed by atoms with Gasteiger partial charge in [-0.15, -0.1) is 0 Å². The van der Waals surface area contributed by atoms with E-state index in [1.165, 1.54) is 42.6 Å². The molecule has 198 valence electrons. The molecule has 0 bridgehead atoms. The van der Waals surface area contributed by atoms with E-state index in [0.717, 1.165) is 24.3 Å². The van der Waals surface area contributed by atoms with Gasteiger partial charge >= 0.3 is 0 Å². The lowest BCUT2D eigenvalue weighted by Crippen LogP contribution is -2.44. The Morgan fingerprint density at radius 3 is 2.00 bits per heavy atom. The smallest absolute Gasteiger partial charge is 0.271 e. The highest BCUT2D eigenvalue weighted by atomic mass is 16.3. The Kier molecular flexibility index (Phi) is 8.30. The van der Waals surface area contributed by atoms with Crippen LogP contribution >= 0.6 is 0 Å². The predicted molar refractivity (Wildman–Crippen MR) is 136 cm³/mol. The van der Waals surface area contributed by atoms with Crippen LogP contribution in [0.2, 0.25) is 0 Å². The summed E-state index contributed by atoms with van der Waals surface area (Å²) in [6, 6.07) is 8.55. The quantitative estimate of drug-likeness (QED) is 0.151. The first-order valence-corrected chi connectivity index (χ1v) is 11.0.